The van der Waals surface area contributed by atoms with Crippen LogP contribution in [0.25, 0.3) is 0 Å². The normalized spacial score (nSPS) is 26.6. The molecule has 0 saturated heterocycles. The average molecular weight is 287 g/mol. The van der Waals surface area contributed by atoms with E-state index in [4.69, 9.17) is 0 Å². The lowest BCUT2D eigenvalue weighted by Crippen LogP contribution is -2.20. The molecule has 0 aliphatic heterocycles. The molecule has 2 aliphatic rings. The number of nitrogens with zero attached hydrogens (tertiary/aromatic N) is 1. The summed E-state index contributed by atoms with van der Waals surface area (Å²) in [6.45, 7) is 0. The minimum Gasteiger partial charge on any atom is -0.261 e. The molecule has 2 heteroatoms. The van der Waals surface area contributed by atoms with E-state index in [1.54, 1.807) is 11.1 Å². The Kier molecular flexibility index (Phi) is 5.05. The maximum atomic E-state index is 13.5. The molecular weight excluding hydrogens is 261 g/mol. The molecule has 2 saturated carbocycles. The topological polar surface area (TPSA) is 12.9 Å². The summed E-state index contributed by atoms with van der Waals surface area (Å²) in [5, 5.41) is 0. The fourth-order valence-electron chi connectivity index (χ4n) is 3.96. The first-order valence-electron chi connectivity index (χ1n) is 8.57. The largest absolute Gasteiger partial charge is 0.261 e. The lowest BCUT2D eigenvalue weighted by Gasteiger charge is -2.30. The monoisotopic (exact) mass is 287 g/mol. The van der Waals surface area contributed by atoms with Gasteiger partial charge in [-0.2, -0.15) is 0 Å². The molecule has 0 unspecified atom stereocenters. The zero-order valence-corrected chi connectivity index (χ0v) is 12.9. The van der Waals surface area contributed by atoms with Crippen molar-refractivity contribution in [1.82, 2.24) is 4.98 Å². The Morgan fingerprint density at radius 1 is 1.05 bits per heavy atom. The molecule has 1 nitrogen and oxygen atoms in total. The van der Waals surface area contributed by atoms with Gasteiger partial charge in [-0.05, 0) is 69.4 Å². The zero-order chi connectivity index (χ0) is 14.5. The predicted octanol–water partition coefficient (Wildman–Crippen LogP) is 5.41. The first-order valence-corrected chi connectivity index (χ1v) is 8.57. The van der Waals surface area contributed by atoms with Crippen molar-refractivity contribution in [3.05, 3.63) is 41.2 Å². The first-order chi connectivity index (χ1) is 10.3. The summed E-state index contributed by atoms with van der Waals surface area (Å²) in [6, 6.07) is 6.18. The second-order valence-electron chi connectivity index (χ2n) is 6.64. The third-order valence-corrected chi connectivity index (χ3v) is 5.16. The number of rotatable bonds is 3. The van der Waals surface area contributed by atoms with Gasteiger partial charge in [0.15, 0.2) is 0 Å². The number of hydrogen-bond donors (Lipinski definition) is 0. The maximum Gasteiger partial charge on any atom is 0.100 e. The lowest BCUT2D eigenvalue weighted by atomic mass is 9.76. The van der Waals surface area contributed by atoms with Gasteiger partial charge in [0.1, 0.15) is 6.17 Å². The van der Waals surface area contributed by atoms with Crippen LogP contribution in [0.2, 0.25) is 0 Å². The van der Waals surface area contributed by atoms with Crippen LogP contribution >= 0.6 is 0 Å². The van der Waals surface area contributed by atoms with Gasteiger partial charge in [-0.1, -0.05) is 23.6 Å². The van der Waals surface area contributed by atoms with Crippen molar-refractivity contribution in [2.45, 2.75) is 70.4 Å². The van der Waals surface area contributed by atoms with E-state index in [2.05, 4.69) is 17.1 Å². The van der Waals surface area contributed by atoms with Gasteiger partial charge in [0.2, 0.25) is 0 Å². The standard InChI is InChI=1S/C19H26FN/c20-17-11-9-16(10-12-17)19(15-6-2-1-3-7-15)14-18-8-4-5-13-21-18/h4-5,8,13,16-17H,1-3,6-7,9-12,14H2. The van der Waals surface area contributed by atoms with Crippen LogP contribution < -0.4 is 0 Å². The molecule has 21 heavy (non-hydrogen) atoms. The summed E-state index contributed by atoms with van der Waals surface area (Å²) in [6.07, 6.45) is 12.4. The third kappa shape index (κ3) is 3.93. The summed E-state index contributed by atoms with van der Waals surface area (Å²) in [7, 11) is 0. The Morgan fingerprint density at radius 3 is 2.48 bits per heavy atom. The van der Waals surface area contributed by atoms with Gasteiger partial charge in [0.05, 0.1) is 0 Å². The Hall–Kier alpha value is -1.18. The zero-order valence-electron chi connectivity index (χ0n) is 12.9. The maximum absolute atomic E-state index is 13.5. The highest BCUT2D eigenvalue weighted by Gasteiger charge is 2.26. The Labute approximate surface area is 127 Å². The first kappa shape index (κ1) is 14.7. The number of hydrogen-bond acceptors (Lipinski definition) is 1. The summed E-state index contributed by atoms with van der Waals surface area (Å²) >= 11 is 0. The molecule has 3 rings (SSSR count). The second-order valence-corrected chi connectivity index (χ2v) is 6.64. The Balaban J connectivity index is 1.80. The van der Waals surface area contributed by atoms with Gasteiger partial charge < -0.3 is 0 Å². The Morgan fingerprint density at radius 2 is 1.81 bits per heavy atom. The second kappa shape index (κ2) is 7.20. The number of aromatic nitrogens is 1. The number of pyridine rings is 1. The Bertz CT molecular complexity index is 464. The van der Waals surface area contributed by atoms with Crippen molar-refractivity contribution in [3.63, 3.8) is 0 Å². The van der Waals surface area contributed by atoms with Crippen LogP contribution in [-0.4, -0.2) is 11.2 Å². The minimum absolute atomic E-state index is 0.561. The summed E-state index contributed by atoms with van der Waals surface area (Å²) in [5.41, 5.74) is 4.46. The molecule has 0 N–H and O–H groups in total. The SMILES string of the molecule is FC1CCC(C(Cc2ccccn2)=C2CCCCC2)CC1. The van der Waals surface area contributed by atoms with Crippen molar-refractivity contribution in [2.24, 2.45) is 5.92 Å². The molecule has 0 atom stereocenters. The van der Waals surface area contributed by atoms with Crippen LogP contribution in [0.5, 0.6) is 0 Å². The molecule has 1 heterocycles. The molecule has 0 bridgehead atoms. The molecule has 2 fully saturated rings. The van der Waals surface area contributed by atoms with Crippen molar-refractivity contribution in [1.29, 1.82) is 0 Å². The van der Waals surface area contributed by atoms with E-state index in [-0.39, 0.29) is 0 Å². The van der Waals surface area contributed by atoms with Crippen LogP contribution in [0.1, 0.15) is 63.5 Å². The van der Waals surface area contributed by atoms with Gasteiger partial charge in [0.25, 0.3) is 0 Å². The summed E-state index contributed by atoms with van der Waals surface area (Å²) < 4.78 is 13.5. The molecular formula is C19H26FN. The van der Waals surface area contributed by atoms with E-state index in [1.807, 2.05) is 12.3 Å². The van der Waals surface area contributed by atoms with Crippen molar-refractivity contribution < 1.29 is 4.39 Å². The smallest absolute Gasteiger partial charge is 0.100 e. The summed E-state index contributed by atoms with van der Waals surface area (Å²) in [4.78, 5) is 4.51. The molecule has 114 valence electrons. The lowest BCUT2D eigenvalue weighted by molar-refractivity contribution is 0.219. The summed E-state index contributed by atoms with van der Waals surface area (Å²) in [5.74, 6) is 0.604. The number of alkyl halides is 1. The van der Waals surface area contributed by atoms with Gasteiger partial charge in [-0.15, -0.1) is 0 Å². The number of halogens is 1. The molecule has 0 spiro atoms. The van der Waals surface area contributed by atoms with E-state index in [1.165, 1.54) is 37.8 Å². The molecule has 1 aromatic heterocycles. The molecule has 0 aromatic carbocycles. The molecule has 2 aliphatic carbocycles. The fourth-order valence-corrected chi connectivity index (χ4v) is 3.96. The van der Waals surface area contributed by atoms with E-state index >= 15 is 0 Å². The molecule has 0 radical (unpaired) electrons. The third-order valence-electron chi connectivity index (χ3n) is 5.16. The van der Waals surface area contributed by atoms with Gasteiger partial charge >= 0.3 is 0 Å². The quantitative estimate of drug-likeness (QED) is 0.677. The van der Waals surface area contributed by atoms with Crippen molar-refractivity contribution in [2.75, 3.05) is 0 Å². The van der Waals surface area contributed by atoms with Crippen molar-refractivity contribution in [3.8, 4) is 0 Å². The van der Waals surface area contributed by atoms with Gasteiger partial charge in [-0.3, -0.25) is 4.98 Å². The number of allylic oxidation sites excluding steroid dienone is 2. The van der Waals surface area contributed by atoms with E-state index < -0.39 is 6.17 Å². The van der Waals surface area contributed by atoms with E-state index in [0.29, 0.717) is 5.92 Å². The van der Waals surface area contributed by atoms with E-state index in [0.717, 1.165) is 32.1 Å². The highest BCUT2D eigenvalue weighted by molar-refractivity contribution is 5.25. The highest BCUT2D eigenvalue weighted by Crippen LogP contribution is 2.38. The fraction of sp³-hybridized carbons (Fsp3) is 0.632. The van der Waals surface area contributed by atoms with E-state index in [9.17, 15) is 4.39 Å². The van der Waals surface area contributed by atoms with Gasteiger partial charge in [-0.25, -0.2) is 4.39 Å². The van der Waals surface area contributed by atoms with Crippen LogP contribution in [-0.2, 0) is 6.42 Å². The average Bonchev–Trinajstić information content (AvgIpc) is 2.55. The van der Waals surface area contributed by atoms with Crippen LogP contribution in [0, 0.1) is 5.92 Å². The van der Waals surface area contributed by atoms with Crippen molar-refractivity contribution >= 4 is 0 Å². The predicted molar refractivity (Wildman–Crippen MR) is 84.9 cm³/mol. The molecule has 0 amide bonds. The minimum atomic E-state index is -0.561. The van der Waals surface area contributed by atoms with Crippen LogP contribution in [0.4, 0.5) is 4.39 Å². The van der Waals surface area contributed by atoms with Crippen LogP contribution in [0.3, 0.4) is 0 Å². The van der Waals surface area contributed by atoms with Gasteiger partial charge in [0, 0.05) is 18.3 Å². The van der Waals surface area contributed by atoms with Crippen LogP contribution in [0.15, 0.2) is 35.5 Å². The highest BCUT2D eigenvalue weighted by atomic mass is 19.1. The molecule has 1 aromatic rings.